The molecule has 0 aromatic rings. The highest BCUT2D eigenvalue weighted by Gasteiger charge is 2.53. The number of β-lactam (4-membered cyclic amide) rings is 1. The molecule has 16 heavy (non-hydrogen) atoms. The Kier molecular flexibility index (Phi) is 2.90. The molecule has 2 aliphatic heterocycles. The van der Waals surface area contributed by atoms with Crippen molar-refractivity contribution in [2.45, 2.75) is 11.4 Å². The summed E-state index contributed by atoms with van der Waals surface area (Å²) in [4.78, 5) is 30.8. The van der Waals surface area contributed by atoms with E-state index in [1.807, 2.05) is 0 Å². The number of aliphatic hydroxyl groups is 1. The molecule has 9 heteroatoms. The molecule has 1 fully saturated rings. The lowest BCUT2D eigenvalue weighted by Crippen LogP contribution is -2.67. The zero-order valence-electron chi connectivity index (χ0n) is 8.11. The first-order valence-electron chi connectivity index (χ1n) is 4.47. The Bertz CT molecular complexity index is 419. The summed E-state index contributed by atoms with van der Waals surface area (Å²) < 4.78 is 11.3. The Morgan fingerprint density at radius 1 is 1.56 bits per heavy atom. The van der Waals surface area contributed by atoms with Gasteiger partial charge in [0.05, 0.1) is 6.61 Å². The van der Waals surface area contributed by atoms with Crippen molar-refractivity contribution in [3.8, 4) is 0 Å². The maximum absolute atomic E-state index is 11.4. The maximum atomic E-state index is 11.4. The van der Waals surface area contributed by atoms with Gasteiger partial charge in [-0.15, -0.1) is 11.8 Å². The number of fused-ring (bicyclic) bond motifs is 1. The van der Waals surface area contributed by atoms with Crippen LogP contribution in [0.2, 0.25) is 0 Å². The number of nitrogens with two attached hydrogens (primary N) is 1. The fourth-order valence-corrected chi connectivity index (χ4v) is 4.31. The van der Waals surface area contributed by atoms with E-state index in [1.165, 1.54) is 11.8 Å². The van der Waals surface area contributed by atoms with E-state index in [9.17, 15) is 9.36 Å². The molecule has 0 aliphatic carbocycles. The van der Waals surface area contributed by atoms with Crippen LogP contribution in [0.3, 0.4) is 0 Å². The number of nitrogens with zero attached hydrogens (tertiary/aromatic N) is 1. The van der Waals surface area contributed by atoms with Crippen LogP contribution in [0.5, 0.6) is 0 Å². The van der Waals surface area contributed by atoms with Gasteiger partial charge < -0.3 is 20.6 Å². The van der Waals surface area contributed by atoms with Crippen LogP contribution in [-0.4, -0.2) is 49.5 Å². The third-order valence-corrected chi connectivity index (χ3v) is 4.97. The highest BCUT2D eigenvalue weighted by Crippen LogP contribution is 2.55. The van der Waals surface area contributed by atoms with Crippen LogP contribution in [0.4, 0.5) is 0 Å². The highest BCUT2D eigenvalue weighted by atomic mass is 32.2. The Balaban J connectivity index is 2.45. The van der Waals surface area contributed by atoms with Crippen molar-refractivity contribution in [2.75, 3.05) is 12.4 Å². The van der Waals surface area contributed by atoms with E-state index in [2.05, 4.69) is 0 Å². The van der Waals surface area contributed by atoms with Crippen LogP contribution >= 0.6 is 19.4 Å². The summed E-state index contributed by atoms with van der Waals surface area (Å²) in [5, 5.41) is 8.60. The van der Waals surface area contributed by atoms with Gasteiger partial charge in [-0.2, -0.15) is 0 Å². The van der Waals surface area contributed by atoms with E-state index in [1.54, 1.807) is 0 Å². The van der Waals surface area contributed by atoms with Gasteiger partial charge in [-0.1, -0.05) is 0 Å². The molecule has 2 atom stereocenters. The highest BCUT2D eigenvalue weighted by molar-refractivity contribution is 8.00. The van der Waals surface area contributed by atoms with Crippen LogP contribution < -0.4 is 5.73 Å². The molecule has 0 radical (unpaired) electrons. The summed E-state index contributed by atoms with van der Waals surface area (Å²) in [6.45, 7) is -0.473. The fraction of sp³-hybridized carbons (Fsp3) is 0.571. The first kappa shape index (κ1) is 12.1. The molecule has 7 nitrogen and oxygen atoms in total. The second-order valence-corrected chi connectivity index (χ2v) is 6.18. The number of hydrogen-bond donors (Lipinski definition) is 4. The monoisotopic (exact) mass is 266 g/mol. The van der Waals surface area contributed by atoms with Gasteiger partial charge in [-0.05, 0) is 5.57 Å². The standard InChI is InChI=1S/C7H11N2O5PS/c8-4-5(11)9-6(15(12,13)14)3(1-10)2-16-7(4)9/h4,7,10H,1-2,8H2,(H2,12,13,14)/t4?,7-/m1/s1. The zero-order valence-corrected chi connectivity index (χ0v) is 9.82. The van der Waals surface area contributed by atoms with Crippen molar-refractivity contribution < 1.29 is 24.3 Å². The van der Waals surface area contributed by atoms with Crippen molar-refractivity contribution in [2.24, 2.45) is 5.73 Å². The molecule has 0 saturated carbocycles. The molecule has 1 amide bonds. The van der Waals surface area contributed by atoms with Crippen molar-refractivity contribution in [1.29, 1.82) is 0 Å². The molecule has 0 bridgehead atoms. The summed E-state index contributed by atoms with van der Waals surface area (Å²) in [6, 6.07) is -0.716. The van der Waals surface area contributed by atoms with Gasteiger partial charge in [-0.3, -0.25) is 14.3 Å². The smallest absolute Gasteiger partial charge is 0.372 e. The Labute approximate surface area is 95.5 Å². The van der Waals surface area contributed by atoms with Crippen LogP contribution in [0.15, 0.2) is 11.0 Å². The van der Waals surface area contributed by atoms with Crippen molar-refractivity contribution >= 4 is 25.3 Å². The van der Waals surface area contributed by atoms with E-state index >= 15 is 0 Å². The van der Waals surface area contributed by atoms with E-state index in [0.717, 1.165) is 4.90 Å². The quantitative estimate of drug-likeness (QED) is 0.358. The van der Waals surface area contributed by atoms with E-state index in [4.69, 9.17) is 20.6 Å². The van der Waals surface area contributed by atoms with Gasteiger partial charge in [0.1, 0.15) is 16.9 Å². The third kappa shape index (κ3) is 1.62. The minimum absolute atomic E-state index is 0.190. The van der Waals surface area contributed by atoms with Gasteiger partial charge in [0.2, 0.25) is 5.91 Å². The van der Waals surface area contributed by atoms with E-state index in [0.29, 0.717) is 0 Å². The number of rotatable bonds is 2. The first-order chi connectivity index (χ1) is 7.38. The second kappa shape index (κ2) is 3.83. The average molecular weight is 266 g/mol. The molecular formula is C7H11N2O5PS. The Morgan fingerprint density at radius 3 is 2.69 bits per heavy atom. The predicted octanol–water partition coefficient (Wildman–Crippen LogP) is -1.39. The van der Waals surface area contributed by atoms with Gasteiger partial charge >= 0.3 is 7.60 Å². The molecule has 0 aromatic carbocycles. The lowest BCUT2D eigenvalue weighted by atomic mass is 10.1. The van der Waals surface area contributed by atoms with Gasteiger partial charge in [-0.25, -0.2) is 0 Å². The van der Waals surface area contributed by atoms with Crippen LogP contribution in [-0.2, 0) is 9.36 Å². The third-order valence-electron chi connectivity index (χ3n) is 2.52. The van der Waals surface area contributed by atoms with Gasteiger partial charge in [0.25, 0.3) is 0 Å². The molecule has 1 saturated heterocycles. The number of aliphatic hydroxyl groups excluding tert-OH is 1. The molecule has 90 valence electrons. The first-order valence-corrected chi connectivity index (χ1v) is 7.13. The number of carbonyl (C=O) groups excluding carboxylic acids is 1. The molecule has 2 rings (SSSR count). The van der Waals surface area contributed by atoms with E-state index < -0.39 is 31.5 Å². The summed E-state index contributed by atoms with van der Waals surface area (Å²) in [5.41, 5.74) is 5.34. The zero-order chi connectivity index (χ0) is 12.1. The molecule has 0 spiro atoms. The predicted molar refractivity (Wildman–Crippen MR) is 57.2 cm³/mol. The number of hydrogen-bond acceptors (Lipinski definition) is 5. The summed E-state index contributed by atoms with van der Waals surface area (Å²) in [6.07, 6.45) is 0. The minimum atomic E-state index is -4.56. The number of carbonyl (C=O) groups is 1. The average Bonchev–Trinajstić information content (AvgIpc) is 2.24. The maximum Gasteiger partial charge on any atom is 0.372 e. The van der Waals surface area contributed by atoms with Crippen LogP contribution in [0.25, 0.3) is 0 Å². The minimum Gasteiger partial charge on any atom is -0.392 e. The fourth-order valence-electron chi connectivity index (χ4n) is 1.77. The number of thioether (sulfide) groups is 1. The molecular weight excluding hydrogens is 255 g/mol. The lowest BCUT2D eigenvalue weighted by molar-refractivity contribution is -0.140. The van der Waals surface area contributed by atoms with Crippen molar-refractivity contribution in [3.05, 3.63) is 11.0 Å². The van der Waals surface area contributed by atoms with Gasteiger partial charge in [0.15, 0.2) is 0 Å². The Morgan fingerprint density at radius 2 is 2.19 bits per heavy atom. The second-order valence-electron chi connectivity index (χ2n) is 3.56. The van der Waals surface area contributed by atoms with E-state index in [-0.39, 0.29) is 16.8 Å². The molecule has 1 unspecified atom stereocenters. The normalized spacial score (nSPS) is 30.2. The molecule has 5 N–H and O–H groups in total. The topological polar surface area (TPSA) is 124 Å². The summed E-state index contributed by atoms with van der Waals surface area (Å²) in [7, 11) is -4.56. The van der Waals surface area contributed by atoms with Crippen LogP contribution in [0, 0.1) is 0 Å². The van der Waals surface area contributed by atoms with Crippen molar-refractivity contribution in [3.63, 3.8) is 0 Å². The molecule has 2 heterocycles. The largest absolute Gasteiger partial charge is 0.392 e. The van der Waals surface area contributed by atoms with Gasteiger partial charge in [0, 0.05) is 5.75 Å². The number of amides is 1. The Hall–Kier alpha value is -0.370. The molecule has 2 aliphatic rings. The summed E-state index contributed by atoms with van der Waals surface area (Å²) in [5.74, 6) is -0.236. The van der Waals surface area contributed by atoms with Crippen LogP contribution in [0.1, 0.15) is 0 Å². The molecule has 0 aromatic heterocycles. The lowest BCUT2D eigenvalue weighted by Gasteiger charge is -2.48. The SMILES string of the molecule is NC1C(=O)N2C(P(=O)(O)O)=C(CO)CS[C@H]12. The summed E-state index contributed by atoms with van der Waals surface area (Å²) >= 11 is 1.30. The van der Waals surface area contributed by atoms with Crippen molar-refractivity contribution in [1.82, 2.24) is 4.90 Å².